The molecule has 1 unspecified atom stereocenters. The molecule has 0 fully saturated rings. The first kappa shape index (κ1) is 11.8. The number of anilines is 1. The van der Waals surface area contributed by atoms with E-state index in [9.17, 15) is 4.79 Å². The predicted octanol–water partition coefficient (Wildman–Crippen LogP) is 2.18. The third kappa shape index (κ3) is 3.73. The monoisotopic (exact) mass is 224 g/mol. The number of nitrogens with one attached hydrogen (secondary N) is 1. The van der Waals surface area contributed by atoms with E-state index in [4.69, 9.17) is 17.3 Å². The summed E-state index contributed by atoms with van der Waals surface area (Å²) in [7, 11) is 0. The number of amides is 1. The van der Waals surface area contributed by atoms with Gasteiger partial charge in [-0.3, -0.25) is 4.79 Å². The van der Waals surface area contributed by atoms with Crippen LogP contribution >= 0.6 is 11.6 Å². The molecule has 1 aromatic carbocycles. The van der Waals surface area contributed by atoms with E-state index in [-0.39, 0.29) is 5.91 Å². The van der Waals surface area contributed by atoms with Gasteiger partial charge < -0.3 is 11.1 Å². The van der Waals surface area contributed by atoms with Crippen LogP contribution in [0.25, 0.3) is 0 Å². The zero-order chi connectivity index (χ0) is 11.3. The van der Waals surface area contributed by atoms with Crippen molar-refractivity contribution >= 4 is 23.2 Å². The second kappa shape index (κ2) is 5.53. The molecule has 80 valence electrons. The molecule has 0 aromatic heterocycles. The lowest BCUT2D eigenvalue weighted by Crippen LogP contribution is -2.34. The number of nitrogens with two attached hydrogens (primary N) is 1. The zero-order valence-corrected chi connectivity index (χ0v) is 9.00. The molecular formula is C11H13ClN2O. The fourth-order valence-electron chi connectivity index (χ4n) is 1.05. The van der Waals surface area contributed by atoms with Crippen molar-refractivity contribution in [3.05, 3.63) is 41.9 Å². The van der Waals surface area contributed by atoms with Gasteiger partial charge >= 0.3 is 0 Å². The highest BCUT2D eigenvalue weighted by molar-refractivity contribution is 6.30. The summed E-state index contributed by atoms with van der Waals surface area (Å²) in [6, 6.07) is 6.30. The topological polar surface area (TPSA) is 55.1 Å². The largest absolute Gasteiger partial charge is 0.325 e. The van der Waals surface area contributed by atoms with Crippen LogP contribution in [0.3, 0.4) is 0 Å². The van der Waals surface area contributed by atoms with Gasteiger partial charge in [-0.15, -0.1) is 6.58 Å². The van der Waals surface area contributed by atoms with E-state index in [1.54, 1.807) is 30.3 Å². The van der Waals surface area contributed by atoms with Crippen LogP contribution in [0, 0.1) is 0 Å². The average Bonchev–Trinajstić information content (AvgIpc) is 2.22. The van der Waals surface area contributed by atoms with Gasteiger partial charge in [0.15, 0.2) is 0 Å². The van der Waals surface area contributed by atoms with Crippen molar-refractivity contribution in [3.63, 3.8) is 0 Å². The van der Waals surface area contributed by atoms with Gasteiger partial charge in [0.05, 0.1) is 6.04 Å². The first-order valence-electron chi connectivity index (χ1n) is 4.56. The molecule has 4 heteroatoms. The summed E-state index contributed by atoms with van der Waals surface area (Å²) in [5.41, 5.74) is 6.28. The second-order valence-corrected chi connectivity index (χ2v) is 3.56. The van der Waals surface area contributed by atoms with Crippen LogP contribution in [-0.2, 0) is 4.79 Å². The Balaban J connectivity index is 2.58. The summed E-state index contributed by atoms with van der Waals surface area (Å²) in [6.45, 7) is 3.52. The molecule has 1 atom stereocenters. The van der Waals surface area contributed by atoms with E-state index >= 15 is 0 Å². The first-order chi connectivity index (χ1) is 7.13. The lowest BCUT2D eigenvalue weighted by Gasteiger charge is -2.09. The number of rotatable bonds is 4. The third-order valence-electron chi connectivity index (χ3n) is 1.87. The van der Waals surface area contributed by atoms with Crippen molar-refractivity contribution in [2.24, 2.45) is 5.73 Å². The highest BCUT2D eigenvalue weighted by atomic mass is 35.5. The van der Waals surface area contributed by atoms with E-state index in [0.717, 1.165) is 0 Å². The molecule has 0 saturated heterocycles. The van der Waals surface area contributed by atoms with E-state index < -0.39 is 6.04 Å². The molecule has 0 radical (unpaired) electrons. The SMILES string of the molecule is C=CCC(N)C(=O)Nc1ccc(Cl)cc1. The lowest BCUT2D eigenvalue weighted by molar-refractivity contribution is -0.117. The van der Waals surface area contributed by atoms with Crippen molar-refractivity contribution in [1.82, 2.24) is 0 Å². The van der Waals surface area contributed by atoms with Gasteiger partial charge in [0, 0.05) is 10.7 Å². The molecule has 0 aliphatic carbocycles. The normalized spacial score (nSPS) is 11.9. The number of carbonyl (C=O) groups excluding carboxylic acids is 1. The Morgan fingerprint density at radius 2 is 2.13 bits per heavy atom. The van der Waals surface area contributed by atoms with Crippen LogP contribution in [0.1, 0.15) is 6.42 Å². The fraction of sp³-hybridized carbons (Fsp3) is 0.182. The average molecular weight is 225 g/mol. The highest BCUT2D eigenvalue weighted by Gasteiger charge is 2.11. The van der Waals surface area contributed by atoms with Gasteiger partial charge in [0.1, 0.15) is 0 Å². The number of carbonyl (C=O) groups is 1. The van der Waals surface area contributed by atoms with E-state index in [1.165, 1.54) is 0 Å². The Morgan fingerprint density at radius 3 is 2.67 bits per heavy atom. The van der Waals surface area contributed by atoms with Crippen molar-refractivity contribution in [2.75, 3.05) is 5.32 Å². The van der Waals surface area contributed by atoms with Crippen molar-refractivity contribution < 1.29 is 4.79 Å². The maximum atomic E-state index is 11.5. The molecule has 0 bridgehead atoms. The van der Waals surface area contributed by atoms with Gasteiger partial charge in [-0.1, -0.05) is 17.7 Å². The van der Waals surface area contributed by atoms with Crippen LogP contribution in [-0.4, -0.2) is 11.9 Å². The van der Waals surface area contributed by atoms with Crippen LogP contribution in [0.2, 0.25) is 5.02 Å². The summed E-state index contributed by atoms with van der Waals surface area (Å²) >= 11 is 5.71. The fourth-order valence-corrected chi connectivity index (χ4v) is 1.18. The number of benzene rings is 1. The molecule has 0 saturated carbocycles. The summed E-state index contributed by atoms with van der Waals surface area (Å²) < 4.78 is 0. The van der Waals surface area contributed by atoms with Gasteiger partial charge in [-0.2, -0.15) is 0 Å². The molecule has 1 rings (SSSR count). The Bertz CT molecular complexity index is 348. The van der Waals surface area contributed by atoms with Crippen molar-refractivity contribution in [1.29, 1.82) is 0 Å². The van der Waals surface area contributed by atoms with Crippen LogP contribution in [0.5, 0.6) is 0 Å². The van der Waals surface area contributed by atoms with Crippen LogP contribution in [0.15, 0.2) is 36.9 Å². The maximum absolute atomic E-state index is 11.5. The molecule has 0 heterocycles. The summed E-state index contributed by atoms with van der Waals surface area (Å²) in [4.78, 5) is 11.5. The summed E-state index contributed by atoms with van der Waals surface area (Å²) in [6.07, 6.45) is 2.07. The summed E-state index contributed by atoms with van der Waals surface area (Å²) in [5, 5.41) is 3.31. The number of hydrogen-bond donors (Lipinski definition) is 2. The third-order valence-corrected chi connectivity index (χ3v) is 2.12. The maximum Gasteiger partial charge on any atom is 0.241 e. The Morgan fingerprint density at radius 1 is 1.53 bits per heavy atom. The van der Waals surface area contributed by atoms with Crippen molar-refractivity contribution in [2.45, 2.75) is 12.5 Å². The Kier molecular flexibility index (Phi) is 4.34. The predicted molar refractivity (Wildman–Crippen MR) is 62.9 cm³/mol. The summed E-state index contributed by atoms with van der Waals surface area (Å²) in [5.74, 6) is -0.225. The van der Waals surface area contributed by atoms with Crippen LogP contribution < -0.4 is 11.1 Å². The smallest absolute Gasteiger partial charge is 0.241 e. The Labute approximate surface area is 93.9 Å². The molecular weight excluding hydrogens is 212 g/mol. The van der Waals surface area contributed by atoms with Gasteiger partial charge in [-0.05, 0) is 30.7 Å². The second-order valence-electron chi connectivity index (χ2n) is 3.13. The van der Waals surface area contributed by atoms with E-state index in [1.807, 2.05) is 0 Å². The molecule has 0 aliphatic heterocycles. The van der Waals surface area contributed by atoms with Gasteiger partial charge in [0.25, 0.3) is 0 Å². The molecule has 3 N–H and O–H groups in total. The molecule has 1 aromatic rings. The molecule has 0 spiro atoms. The van der Waals surface area contributed by atoms with Crippen LogP contribution in [0.4, 0.5) is 5.69 Å². The Hall–Kier alpha value is -1.32. The minimum absolute atomic E-state index is 0.225. The molecule has 1 amide bonds. The molecule has 0 aliphatic rings. The minimum atomic E-state index is -0.557. The minimum Gasteiger partial charge on any atom is -0.325 e. The highest BCUT2D eigenvalue weighted by Crippen LogP contribution is 2.13. The quantitative estimate of drug-likeness (QED) is 0.771. The van der Waals surface area contributed by atoms with Gasteiger partial charge in [0.2, 0.25) is 5.91 Å². The zero-order valence-electron chi connectivity index (χ0n) is 8.24. The first-order valence-corrected chi connectivity index (χ1v) is 4.94. The number of halogens is 1. The van der Waals surface area contributed by atoms with Gasteiger partial charge in [-0.25, -0.2) is 0 Å². The molecule has 15 heavy (non-hydrogen) atoms. The lowest BCUT2D eigenvalue weighted by atomic mass is 10.2. The standard InChI is InChI=1S/C11H13ClN2O/c1-2-3-10(13)11(15)14-9-6-4-8(12)5-7-9/h2,4-7,10H,1,3,13H2,(H,14,15). The number of hydrogen-bond acceptors (Lipinski definition) is 2. The van der Waals surface area contributed by atoms with E-state index in [2.05, 4.69) is 11.9 Å². The molecule has 3 nitrogen and oxygen atoms in total. The van der Waals surface area contributed by atoms with Crippen molar-refractivity contribution in [3.8, 4) is 0 Å². The van der Waals surface area contributed by atoms with E-state index in [0.29, 0.717) is 17.1 Å².